The van der Waals surface area contributed by atoms with Crippen molar-refractivity contribution in [1.29, 1.82) is 0 Å². The number of likely N-dealkylation sites (tertiary alicyclic amines) is 1. The van der Waals surface area contributed by atoms with E-state index in [1.54, 1.807) is 0 Å². The Hall–Kier alpha value is -1.51. The first-order valence-corrected chi connectivity index (χ1v) is 8.38. The zero-order valence-corrected chi connectivity index (χ0v) is 13.0. The van der Waals surface area contributed by atoms with Crippen molar-refractivity contribution in [1.82, 2.24) is 4.90 Å². The second kappa shape index (κ2) is 6.50. The first-order valence-electron chi connectivity index (χ1n) is 8.38. The second-order valence-corrected chi connectivity index (χ2v) is 6.60. The van der Waals surface area contributed by atoms with Crippen molar-refractivity contribution in [2.75, 3.05) is 11.9 Å². The molecule has 3 nitrogen and oxygen atoms in total. The molecule has 0 bridgehead atoms. The topological polar surface area (TPSA) is 32.3 Å². The minimum absolute atomic E-state index is 0.0950. The van der Waals surface area contributed by atoms with E-state index in [1.807, 2.05) is 24.3 Å². The average Bonchev–Trinajstić information content (AvgIpc) is 2.72. The molecule has 0 aromatic heterocycles. The molecule has 2 amide bonds. The van der Waals surface area contributed by atoms with Gasteiger partial charge in [0.25, 0.3) is 0 Å². The van der Waals surface area contributed by atoms with Crippen LogP contribution < -0.4 is 5.32 Å². The molecule has 3 rings (SSSR count). The molecule has 114 valence electrons. The largest absolute Gasteiger partial charge is 0.322 e. The number of nitrogens with zero attached hydrogens (tertiary/aromatic N) is 1. The Bertz CT molecular complexity index is 482. The molecule has 1 N–H and O–H groups in total. The summed E-state index contributed by atoms with van der Waals surface area (Å²) in [4.78, 5) is 14.8. The number of carbonyl (C=O) groups excluding carboxylic acids is 1. The van der Waals surface area contributed by atoms with Crippen LogP contribution in [0.25, 0.3) is 0 Å². The van der Waals surface area contributed by atoms with Gasteiger partial charge in [0, 0.05) is 18.3 Å². The maximum absolute atomic E-state index is 12.7. The van der Waals surface area contributed by atoms with Crippen LogP contribution in [0.5, 0.6) is 0 Å². The Labute approximate surface area is 127 Å². The number of fused-ring (bicyclic) bond motifs is 1. The lowest BCUT2D eigenvalue weighted by atomic mass is 9.82. The van der Waals surface area contributed by atoms with Crippen molar-refractivity contribution in [3.05, 3.63) is 29.8 Å². The summed E-state index contributed by atoms with van der Waals surface area (Å²) >= 11 is 0. The highest BCUT2D eigenvalue weighted by molar-refractivity contribution is 5.89. The number of benzene rings is 1. The quantitative estimate of drug-likeness (QED) is 0.805. The van der Waals surface area contributed by atoms with Crippen LogP contribution in [0.2, 0.25) is 0 Å². The summed E-state index contributed by atoms with van der Waals surface area (Å²) in [6.07, 6.45) is 8.83. The number of carbonyl (C=O) groups is 1. The van der Waals surface area contributed by atoms with Gasteiger partial charge in [-0.15, -0.1) is 0 Å². The Balaban J connectivity index is 1.70. The van der Waals surface area contributed by atoms with E-state index in [9.17, 15) is 4.79 Å². The molecule has 2 fully saturated rings. The lowest BCUT2D eigenvalue weighted by Crippen LogP contribution is -2.47. The zero-order chi connectivity index (χ0) is 14.7. The Morgan fingerprint density at radius 3 is 2.48 bits per heavy atom. The lowest BCUT2D eigenvalue weighted by molar-refractivity contribution is 0.138. The van der Waals surface area contributed by atoms with E-state index < -0.39 is 0 Å². The van der Waals surface area contributed by atoms with Crippen molar-refractivity contribution in [3.63, 3.8) is 0 Å². The van der Waals surface area contributed by atoms with Gasteiger partial charge in [-0.25, -0.2) is 4.79 Å². The molecule has 1 aliphatic carbocycles. The number of amides is 2. The lowest BCUT2D eigenvalue weighted by Gasteiger charge is -2.38. The average molecular weight is 286 g/mol. The van der Waals surface area contributed by atoms with Gasteiger partial charge >= 0.3 is 6.03 Å². The number of hydrogen-bond donors (Lipinski definition) is 1. The van der Waals surface area contributed by atoms with Crippen LogP contribution in [0.1, 0.15) is 50.5 Å². The van der Waals surface area contributed by atoms with E-state index in [4.69, 9.17) is 0 Å². The summed E-state index contributed by atoms with van der Waals surface area (Å²) in [5, 5.41) is 3.09. The molecule has 2 atom stereocenters. The van der Waals surface area contributed by atoms with Gasteiger partial charge in [0.1, 0.15) is 0 Å². The van der Waals surface area contributed by atoms with Crippen molar-refractivity contribution in [3.8, 4) is 0 Å². The van der Waals surface area contributed by atoms with Crippen LogP contribution in [-0.2, 0) is 0 Å². The van der Waals surface area contributed by atoms with Gasteiger partial charge < -0.3 is 10.2 Å². The van der Waals surface area contributed by atoms with Gasteiger partial charge in [-0.05, 0) is 50.7 Å². The first kappa shape index (κ1) is 14.4. The maximum atomic E-state index is 12.7. The number of aryl methyl sites for hydroxylation is 1. The summed E-state index contributed by atoms with van der Waals surface area (Å²) in [6, 6.07) is 8.62. The normalized spacial score (nSPS) is 25.9. The molecule has 1 aliphatic heterocycles. The van der Waals surface area contributed by atoms with Gasteiger partial charge in [0.2, 0.25) is 0 Å². The standard InChI is InChI=1S/C18H26N2O/c1-14-9-11-16(12-10-14)19-18(21)20-13-5-4-7-15-6-2-3-8-17(15)20/h9-12,15,17H,2-8,13H2,1H3,(H,19,21). The van der Waals surface area contributed by atoms with E-state index in [2.05, 4.69) is 17.1 Å². The minimum Gasteiger partial charge on any atom is -0.321 e. The molecule has 1 saturated heterocycles. The number of anilines is 1. The highest BCUT2D eigenvalue weighted by atomic mass is 16.2. The second-order valence-electron chi connectivity index (χ2n) is 6.60. The molecule has 1 aromatic rings. The van der Waals surface area contributed by atoms with Crippen molar-refractivity contribution < 1.29 is 4.79 Å². The molecule has 2 aliphatic rings. The highest BCUT2D eigenvalue weighted by Crippen LogP contribution is 2.34. The fourth-order valence-electron chi connectivity index (χ4n) is 3.87. The van der Waals surface area contributed by atoms with Crippen LogP contribution in [0.4, 0.5) is 10.5 Å². The number of urea groups is 1. The zero-order valence-electron chi connectivity index (χ0n) is 13.0. The van der Waals surface area contributed by atoms with Crippen molar-refractivity contribution in [2.24, 2.45) is 5.92 Å². The molecule has 1 heterocycles. The first-order chi connectivity index (χ1) is 10.2. The van der Waals surface area contributed by atoms with Crippen molar-refractivity contribution >= 4 is 11.7 Å². The van der Waals surface area contributed by atoms with Crippen LogP contribution in [-0.4, -0.2) is 23.5 Å². The molecule has 1 aromatic carbocycles. The van der Waals surface area contributed by atoms with Crippen molar-refractivity contribution in [2.45, 2.75) is 57.9 Å². The van der Waals surface area contributed by atoms with E-state index in [0.29, 0.717) is 6.04 Å². The van der Waals surface area contributed by atoms with Crippen LogP contribution in [0.15, 0.2) is 24.3 Å². The third-order valence-electron chi connectivity index (χ3n) is 5.06. The SMILES string of the molecule is Cc1ccc(NC(=O)N2CCCCC3CCCCC32)cc1. The fraction of sp³-hybridized carbons (Fsp3) is 0.611. The molecule has 2 unspecified atom stereocenters. The Kier molecular flexibility index (Phi) is 4.47. The molecule has 3 heteroatoms. The summed E-state index contributed by atoms with van der Waals surface area (Å²) in [7, 11) is 0. The van der Waals surface area contributed by atoms with E-state index in [-0.39, 0.29) is 6.03 Å². The molecule has 1 saturated carbocycles. The maximum Gasteiger partial charge on any atom is 0.322 e. The Morgan fingerprint density at radius 1 is 1.05 bits per heavy atom. The highest BCUT2D eigenvalue weighted by Gasteiger charge is 2.34. The molecule has 0 radical (unpaired) electrons. The van der Waals surface area contributed by atoms with E-state index in [0.717, 1.165) is 24.6 Å². The monoisotopic (exact) mass is 286 g/mol. The van der Waals surface area contributed by atoms with Crippen LogP contribution in [0, 0.1) is 12.8 Å². The van der Waals surface area contributed by atoms with Gasteiger partial charge in [-0.2, -0.15) is 0 Å². The van der Waals surface area contributed by atoms with E-state index >= 15 is 0 Å². The van der Waals surface area contributed by atoms with Gasteiger partial charge in [0.05, 0.1) is 0 Å². The molecule has 21 heavy (non-hydrogen) atoms. The minimum atomic E-state index is 0.0950. The van der Waals surface area contributed by atoms with Gasteiger partial charge in [-0.3, -0.25) is 0 Å². The molecular weight excluding hydrogens is 260 g/mol. The molecule has 0 spiro atoms. The van der Waals surface area contributed by atoms with E-state index in [1.165, 1.54) is 44.1 Å². The van der Waals surface area contributed by atoms with Crippen LogP contribution in [0.3, 0.4) is 0 Å². The smallest absolute Gasteiger partial charge is 0.321 e. The number of hydrogen-bond acceptors (Lipinski definition) is 1. The predicted octanol–water partition coefficient (Wildman–Crippen LogP) is 4.57. The summed E-state index contributed by atoms with van der Waals surface area (Å²) < 4.78 is 0. The third kappa shape index (κ3) is 3.39. The van der Waals surface area contributed by atoms with Gasteiger partial charge in [0.15, 0.2) is 0 Å². The van der Waals surface area contributed by atoms with Gasteiger partial charge in [-0.1, -0.05) is 37.0 Å². The van der Waals surface area contributed by atoms with Crippen LogP contribution >= 0.6 is 0 Å². The summed E-state index contributed by atoms with van der Waals surface area (Å²) in [6.45, 7) is 2.98. The fourth-order valence-corrected chi connectivity index (χ4v) is 3.87. The molecular formula is C18H26N2O. The summed E-state index contributed by atoms with van der Waals surface area (Å²) in [5.74, 6) is 0.727. The third-order valence-corrected chi connectivity index (χ3v) is 5.06. The number of nitrogens with one attached hydrogen (secondary N) is 1. The number of rotatable bonds is 1. The summed E-state index contributed by atoms with van der Waals surface area (Å²) in [5.41, 5.74) is 2.12. The Morgan fingerprint density at radius 2 is 1.71 bits per heavy atom. The predicted molar refractivity (Wildman–Crippen MR) is 86.5 cm³/mol.